The molecule has 0 aliphatic carbocycles. The van der Waals surface area contributed by atoms with Crippen molar-refractivity contribution in [1.29, 1.82) is 0 Å². The smallest absolute Gasteiger partial charge is 0.240 e. The maximum Gasteiger partial charge on any atom is 0.240 e. The first-order valence-electron chi connectivity index (χ1n) is 7.28. The molecular formula is C14H19NO6S. The average molecular weight is 329 g/mol. The number of hydrogen-bond acceptors (Lipinski definition) is 6. The van der Waals surface area contributed by atoms with Crippen LogP contribution in [0.4, 0.5) is 0 Å². The lowest BCUT2D eigenvalue weighted by atomic mass is 10.3. The summed E-state index contributed by atoms with van der Waals surface area (Å²) in [5, 5.41) is 0. The molecule has 0 amide bonds. The Bertz CT molecular complexity index is 612. The van der Waals surface area contributed by atoms with Gasteiger partial charge in [0.15, 0.2) is 17.8 Å². The molecule has 0 spiro atoms. The van der Waals surface area contributed by atoms with Gasteiger partial charge in [0.2, 0.25) is 10.0 Å². The van der Waals surface area contributed by atoms with Crippen molar-refractivity contribution in [2.45, 2.75) is 24.0 Å². The SMILES string of the molecule is O=S(=O)(NCCC1OCCCO1)c1ccc2c(c1)OCCO2. The molecule has 0 atom stereocenters. The third-order valence-electron chi connectivity index (χ3n) is 3.39. The van der Waals surface area contributed by atoms with E-state index in [1.54, 1.807) is 6.07 Å². The summed E-state index contributed by atoms with van der Waals surface area (Å²) in [6, 6.07) is 4.59. The van der Waals surface area contributed by atoms with E-state index in [9.17, 15) is 8.42 Å². The fourth-order valence-electron chi connectivity index (χ4n) is 2.29. The van der Waals surface area contributed by atoms with Crippen LogP contribution in [-0.2, 0) is 19.5 Å². The Labute approximate surface area is 129 Å². The lowest BCUT2D eigenvalue weighted by Gasteiger charge is -2.23. The van der Waals surface area contributed by atoms with Crippen molar-refractivity contribution < 1.29 is 27.4 Å². The van der Waals surface area contributed by atoms with Crippen LogP contribution in [0.3, 0.4) is 0 Å². The van der Waals surface area contributed by atoms with E-state index in [4.69, 9.17) is 18.9 Å². The quantitative estimate of drug-likeness (QED) is 0.864. The van der Waals surface area contributed by atoms with Crippen LogP contribution in [0.25, 0.3) is 0 Å². The Kier molecular flexibility index (Phi) is 4.82. The molecule has 0 radical (unpaired) electrons. The van der Waals surface area contributed by atoms with Gasteiger partial charge in [-0.2, -0.15) is 0 Å². The van der Waals surface area contributed by atoms with E-state index >= 15 is 0 Å². The van der Waals surface area contributed by atoms with Crippen molar-refractivity contribution in [2.24, 2.45) is 0 Å². The van der Waals surface area contributed by atoms with Gasteiger partial charge in [-0.1, -0.05) is 0 Å². The first kappa shape index (κ1) is 15.5. The molecule has 3 rings (SSSR count). The molecule has 1 fully saturated rings. The topological polar surface area (TPSA) is 83.1 Å². The molecule has 122 valence electrons. The second-order valence-corrected chi connectivity index (χ2v) is 6.78. The average Bonchev–Trinajstić information content (AvgIpc) is 2.55. The van der Waals surface area contributed by atoms with Gasteiger partial charge in [0.1, 0.15) is 13.2 Å². The summed E-state index contributed by atoms with van der Waals surface area (Å²) in [5.74, 6) is 1.02. The highest BCUT2D eigenvalue weighted by Gasteiger charge is 2.20. The molecule has 0 bridgehead atoms. The molecule has 0 aromatic heterocycles. The van der Waals surface area contributed by atoms with Crippen molar-refractivity contribution in [3.05, 3.63) is 18.2 Å². The summed E-state index contributed by atoms with van der Waals surface area (Å²) < 4.78 is 48.6. The highest BCUT2D eigenvalue weighted by Crippen LogP contribution is 2.32. The van der Waals surface area contributed by atoms with Crippen molar-refractivity contribution in [1.82, 2.24) is 4.72 Å². The number of fused-ring (bicyclic) bond motifs is 1. The van der Waals surface area contributed by atoms with E-state index in [0.717, 1.165) is 6.42 Å². The molecule has 1 saturated heterocycles. The first-order valence-corrected chi connectivity index (χ1v) is 8.76. The summed E-state index contributed by atoms with van der Waals surface area (Å²) >= 11 is 0. The van der Waals surface area contributed by atoms with Gasteiger partial charge in [-0.25, -0.2) is 13.1 Å². The minimum absolute atomic E-state index is 0.155. The summed E-state index contributed by atoms with van der Waals surface area (Å²) in [5.41, 5.74) is 0. The number of nitrogens with one attached hydrogen (secondary N) is 1. The summed E-state index contributed by atoms with van der Waals surface area (Å²) in [4.78, 5) is 0.155. The maximum atomic E-state index is 12.3. The zero-order valence-corrected chi connectivity index (χ0v) is 12.9. The van der Waals surface area contributed by atoms with Gasteiger partial charge in [-0.05, 0) is 18.6 Å². The third kappa shape index (κ3) is 3.70. The molecule has 8 heteroatoms. The second kappa shape index (κ2) is 6.82. The predicted molar refractivity (Wildman–Crippen MR) is 77.5 cm³/mol. The van der Waals surface area contributed by atoms with E-state index in [0.29, 0.717) is 44.3 Å². The molecule has 22 heavy (non-hydrogen) atoms. The number of ether oxygens (including phenoxy) is 4. The van der Waals surface area contributed by atoms with Crippen LogP contribution < -0.4 is 14.2 Å². The van der Waals surface area contributed by atoms with Gasteiger partial charge in [0, 0.05) is 19.0 Å². The summed E-state index contributed by atoms with van der Waals surface area (Å²) in [6.07, 6.45) is 1.01. The molecule has 0 saturated carbocycles. The third-order valence-corrected chi connectivity index (χ3v) is 4.85. The van der Waals surface area contributed by atoms with Gasteiger partial charge >= 0.3 is 0 Å². The highest BCUT2D eigenvalue weighted by atomic mass is 32.2. The van der Waals surface area contributed by atoms with Gasteiger partial charge < -0.3 is 18.9 Å². The van der Waals surface area contributed by atoms with Crippen LogP contribution in [0.15, 0.2) is 23.1 Å². The molecular weight excluding hydrogens is 310 g/mol. The Hall–Kier alpha value is -1.35. The lowest BCUT2D eigenvalue weighted by molar-refractivity contribution is -0.180. The summed E-state index contributed by atoms with van der Waals surface area (Å²) in [6.45, 7) is 2.44. The fraction of sp³-hybridized carbons (Fsp3) is 0.571. The molecule has 0 unspecified atom stereocenters. The first-order chi connectivity index (χ1) is 10.6. The van der Waals surface area contributed by atoms with Crippen LogP contribution in [0.2, 0.25) is 0 Å². The minimum Gasteiger partial charge on any atom is -0.486 e. The van der Waals surface area contributed by atoms with Gasteiger partial charge in [0.25, 0.3) is 0 Å². The molecule has 1 aromatic rings. The van der Waals surface area contributed by atoms with Crippen LogP contribution in [0, 0.1) is 0 Å². The molecule has 1 aromatic carbocycles. The lowest BCUT2D eigenvalue weighted by Crippen LogP contribution is -2.31. The Morgan fingerprint density at radius 3 is 2.55 bits per heavy atom. The molecule has 7 nitrogen and oxygen atoms in total. The predicted octanol–water partition coefficient (Wildman–Crippen LogP) is 0.889. The van der Waals surface area contributed by atoms with E-state index in [2.05, 4.69) is 4.72 Å². The Balaban J connectivity index is 1.60. The van der Waals surface area contributed by atoms with Gasteiger partial charge in [0.05, 0.1) is 18.1 Å². The van der Waals surface area contributed by atoms with Gasteiger partial charge in [-0.3, -0.25) is 0 Å². The minimum atomic E-state index is -3.59. The Morgan fingerprint density at radius 2 is 1.77 bits per heavy atom. The molecule has 2 heterocycles. The highest BCUT2D eigenvalue weighted by molar-refractivity contribution is 7.89. The number of benzene rings is 1. The number of sulfonamides is 1. The zero-order valence-electron chi connectivity index (χ0n) is 12.1. The zero-order chi connectivity index (χ0) is 15.4. The normalized spacial score (nSPS) is 19.1. The Morgan fingerprint density at radius 1 is 1.05 bits per heavy atom. The van der Waals surface area contributed by atoms with Gasteiger partial charge in [-0.15, -0.1) is 0 Å². The van der Waals surface area contributed by atoms with E-state index < -0.39 is 10.0 Å². The van der Waals surface area contributed by atoms with Crippen LogP contribution in [-0.4, -0.2) is 47.7 Å². The molecule has 1 N–H and O–H groups in total. The number of rotatable bonds is 5. The summed E-state index contributed by atoms with van der Waals surface area (Å²) in [7, 11) is -3.59. The number of hydrogen-bond donors (Lipinski definition) is 1. The van der Waals surface area contributed by atoms with Crippen molar-refractivity contribution in [2.75, 3.05) is 33.0 Å². The monoisotopic (exact) mass is 329 g/mol. The van der Waals surface area contributed by atoms with Crippen LogP contribution in [0.1, 0.15) is 12.8 Å². The van der Waals surface area contributed by atoms with Crippen molar-refractivity contribution in [3.8, 4) is 11.5 Å². The van der Waals surface area contributed by atoms with Crippen LogP contribution >= 0.6 is 0 Å². The van der Waals surface area contributed by atoms with Crippen LogP contribution in [0.5, 0.6) is 11.5 Å². The van der Waals surface area contributed by atoms with Crippen molar-refractivity contribution in [3.63, 3.8) is 0 Å². The second-order valence-electron chi connectivity index (χ2n) is 5.02. The maximum absolute atomic E-state index is 12.3. The van der Waals surface area contributed by atoms with E-state index in [1.807, 2.05) is 0 Å². The molecule has 2 aliphatic rings. The van der Waals surface area contributed by atoms with E-state index in [1.165, 1.54) is 12.1 Å². The fourth-order valence-corrected chi connectivity index (χ4v) is 3.35. The van der Waals surface area contributed by atoms with Crippen molar-refractivity contribution >= 4 is 10.0 Å². The molecule has 2 aliphatic heterocycles. The standard InChI is InChI=1S/C14H19NO6S/c16-22(17,15-5-4-14-20-6-1-7-21-14)11-2-3-12-13(10-11)19-9-8-18-12/h2-3,10,14-15H,1,4-9H2. The van der Waals surface area contributed by atoms with E-state index in [-0.39, 0.29) is 17.7 Å². The largest absolute Gasteiger partial charge is 0.486 e.